The number of ether oxygens (including phenoxy) is 1. The smallest absolute Gasteiger partial charge is 0.275 e. The van der Waals surface area contributed by atoms with Gasteiger partial charge in [-0.2, -0.15) is 0 Å². The molecule has 200 valence electrons. The third-order valence-electron chi connectivity index (χ3n) is 7.06. The average Bonchev–Trinajstić information content (AvgIpc) is 2.90. The van der Waals surface area contributed by atoms with Crippen LogP contribution in [0.5, 0.6) is 5.75 Å². The van der Waals surface area contributed by atoms with E-state index in [1.54, 1.807) is 38.4 Å². The number of hydrogen-bond donors (Lipinski definition) is 2. The third kappa shape index (κ3) is 4.53. The number of benzene rings is 2. The topological polar surface area (TPSA) is 99.1 Å². The Balaban J connectivity index is 1.46. The van der Waals surface area contributed by atoms with Crippen molar-refractivity contribution in [2.75, 3.05) is 64.3 Å². The van der Waals surface area contributed by atoms with E-state index in [0.717, 1.165) is 13.1 Å². The Labute approximate surface area is 219 Å². The summed E-state index contributed by atoms with van der Waals surface area (Å²) < 4.78 is 23.3. The standard InChI is InChI=1S/C27H31FN6O4/c1-16-15-38-25-22-19(13-21(28)23(25)33-11-9-32(4)10-12-33)24(35)20(14-34(16)22)26(36)30-29-18-7-5-17(6-8-18)27(37)31(2)3/h5-8,13-14,16,29H,9-12,15H2,1-4H3,(H,30,36). The fourth-order valence-corrected chi connectivity index (χ4v) is 4.85. The molecule has 5 rings (SSSR count). The van der Waals surface area contributed by atoms with Gasteiger partial charge in [-0.15, -0.1) is 0 Å². The summed E-state index contributed by atoms with van der Waals surface area (Å²) in [5, 5.41) is 0.0983. The molecule has 0 spiro atoms. The largest absolute Gasteiger partial charge is 0.487 e. The molecule has 0 bridgehead atoms. The van der Waals surface area contributed by atoms with Crippen LogP contribution < -0.4 is 25.9 Å². The molecule has 2 N–H and O–H groups in total. The monoisotopic (exact) mass is 522 g/mol. The zero-order valence-electron chi connectivity index (χ0n) is 21.9. The molecule has 2 amide bonds. The number of likely N-dealkylation sites (N-methyl/N-ethyl adjacent to an activating group) is 1. The fourth-order valence-electron chi connectivity index (χ4n) is 4.85. The second-order valence-electron chi connectivity index (χ2n) is 10.0. The van der Waals surface area contributed by atoms with Gasteiger partial charge in [-0.3, -0.25) is 25.2 Å². The van der Waals surface area contributed by atoms with Crippen LogP contribution in [0, 0.1) is 5.82 Å². The van der Waals surface area contributed by atoms with Crippen LogP contribution in [-0.2, 0) is 0 Å². The van der Waals surface area contributed by atoms with E-state index in [0.29, 0.717) is 41.3 Å². The van der Waals surface area contributed by atoms with E-state index in [1.165, 1.54) is 17.2 Å². The van der Waals surface area contributed by atoms with Gasteiger partial charge in [0, 0.05) is 52.0 Å². The first kappa shape index (κ1) is 25.5. The number of pyridine rings is 1. The quantitative estimate of drug-likeness (QED) is 0.496. The number of hydrazine groups is 1. The van der Waals surface area contributed by atoms with Gasteiger partial charge in [-0.1, -0.05) is 0 Å². The molecule has 0 aliphatic carbocycles. The van der Waals surface area contributed by atoms with E-state index in [2.05, 4.69) is 15.8 Å². The van der Waals surface area contributed by atoms with Crippen molar-refractivity contribution in [3.8, 4) is 5.75 Å². The van der Waals surface area contributed by atoms with Crippen molar-refractivity contribution in [3.05, 3.63) is 63.7 Å². The molecule has 1 unspecified atom stereocenters. The number of nitrogens with zero attached hydrogens (tertiary/aromatic N) is 4. The summed E-state index contributed by atoms with van der Waals surface area (Å²) in [6.45, 7) is 5.08. The molecule has 38 heavy (non-hydrogen) atoms. The van der Waals surface area contributed by atoms with Crippen LogP contribution >= 0.6 is 0 Å². The van der Waals surface area contributed by atoms with E-state index < -0.39 is 17.2 Å². The van der Waals surface area contributed by atoms with Gasteiger partial charge >= 0.3 is 0 Å². The number of amides is 2. The maximum atomic E-state index is 15.5. The molecule has 2 aliphatic rings. The molecule has 3 aromatic rings. The van der Waals surface area contributed by atoms with Gasteiger partial charge in [0.25, 0.3) is 11.8 Å². The van der Waals surface area contributed by atoms with Crippen LogP contribution in [0.4, 0.5) is 15.8 Å². The summed E-state index contributed by atoms with van der Waals surface area (Å²) in [4.78, 5) is 44.2. The first-order valence-corrected chi connectivity index (χ1v) is 12.5. The Morgan fingerprint density at radius 1 is 1.11 bits per heavy atom. The predicted molar refractivity (Wildman–Crippen MR) is 144 cm³/mol. The maximum absolute atomic E-state index is 15.5. The Morgan fingerprint density at radius 3 is 2.45 bits per heavy atom. The summed E-state index contributed by atoms with van der Waals surface area (Å²) in [5.74, 6) is -0.993. The minimum atomic E-state index is -0.655. The molecule has 2 aromatic carbocycles. The van der Waals surface area contributed by atoms with E-state index in [4.69, 9.17) is 4.74 Å². The average molecular weight is 523 g/mol. The van der Waals surface area contributed by atoms with Crippen LogP contribution in [0.15, 0.2) is 41.3 Å². The zero-order chi connectivity index (χ0) is 27.1. The van der Waals surface area contributed by atoms with Gasteiger partial charge in [0.15, 0.2) is 11.6 Å². The summed E-state index contributed by atoms with van der Waals surface area (Å²) in [6, 6.07) is 7.62. The van der Waals surface area contributed by atoms with Gasteiger partial charge < -0.3 is 24.0 Å². The molecule has 0 radical (unpaired) electrons. The van der Waals surface area contributed by atoms with Gasteiger partial charge in [-0.05, 0) is 44.3 Å². The van der Waals surface area contributed by atoms with Crippen molar-refractivity contribution < 1.29 is 18.7 Å². The number of nitrogens with one attached hydrogen (secondary N) is 2. The summed E-state index contributed by atoms with van der Waals surface area (Å²) in [5.41, 5.74) is 6.51. The lowest BCUT2D eigenvalue weighted by atomic mass is 10.0. The minimum absolute atomic E-state index is 0.0983. The summed E-state index contributed by atoms with van der Waals surface area (Å²) in [6.07, 6.45) is 1.52. The fraction of sp³-hybridized carbons (Fsp3) is 0.370. The lowest BCUT2D eigenvalue weighted by Gasteiger charge is -2.37. The van der Waals surface area contributed by atoms with Gasteiger partial charge in [0.2, 0.25) is 5.43 Å². The highest BCUT2D eigenvalue weighted by Crippen LogP contribution is 2.42. The van der Waals surface area contributed by atoms with Crippen molar-refractivity contribution >= 4 is 34.1 Å². The third-order valence-corrected chi connectivity index (χ3v) is 7.06. The molecule has 0 saturated carbocycles. The zero-order valence-corrected chi connectivity index (χ0v) is 21.9. The number of aromatic nitrogens is 1. The lowest BCUT2D eigenvalue weighted by Crippen LogP contribution is -2.45. The lowest BCUT2D eigenvalue weighted by molar-refractivity contribution is 0.0827. The number of piperazine rings is 1. The van der Waals surface area contributed by atoms with E-state index in [-0.39, 0.29) is 29.5 Å². The van der Waals surface area contributed by atoms with Gasteiger partial charge in [0.05, 0.1) is 22.6 Å². The number of rotatable bonds is 5. The number of carbonyl (C=O) groups is 2. The number of halogens is 1. The Kier molecular flexibility index (Phi) is 6.70. The first-order valence-electron chi connectivity index (χ1n) is 12.5. The molecule has 11 heteroatoms. The maximum Gasteiger partial charge on any atom is 0.275 e. The van der Waals surface area contributed by atoms with Crippen LogP contribution in [0.2, 0.25) is 0 Å². The van der Waals surface area contributed by atoms with E-state index >= 15 is 4.39 Å². The van der Waals surface area contributed by atoms with E-state index in [1.807, 2.05) is 23.4 Å². The molecule has 1 atom stereocenters. The number of anilines is 2. The first-order chi connectivity index (χ1) is 18.2. The normalized spacial score (nSPS) is 17.2. The predicted octanol–water partition coefficient (Wildman–Crippen LogP) is 2.30. The minimum Gasteiger partial charge on any atom is -0.487 e. The van der Waals surface area contributed by atoms with Crippen molar-refractivity contribution in [1.29, 1.82) is 0 Å². The number of hydrogen-bond acceptors (Lipinski definition) is 7. The molecule has 3 heterocycles. The van der Waals surface area contributed by atoms with Crippen molar-refractivity contribution in [3.63, 3.8) is 0 Å². The van der Waals surface area contributed by atoms with Gasteiger partial charge in [0.1, 0.15) is 17.9 Å². The van der Waals surface area contributed by atoms with Crippen LogP contribution in [0.1, 0.15) is 33.7 Å². The highest BCUT2D eigenvalue weighted by molar-refractivity contribution is 6.00. The van der Waals surface area contributed by atoms with E-state index in [9.17, 15) is 14.4 Å². The SMILES string of the molecule is CC1COc2c(N3CCN(C)CC3)c(F)cc3c(=O)c(C(=O)NNc4ccc(C(=O)N(C)C)cc4)cn1c23. The Hall–Kier alpha value is -4.12. The molecular weight excluding hydrogens is 491 g/mol. The van der Waals surface area contributed by atoms with Crippen LogP contribution in [-0.4, -0.2) is 80.1 Å². The molecule has 10 nitrogen and oxygen atoms in total. The van der Waals surface area contributed by atoms with Crippen molar-refractivity contribution in [2.24, 2.45) is 0 Å². The highest BCUT2D eigenvalue weighted by Gasteiger charge is 2.31. The summed E-state index contributed by atoms with van der Waals surface area (Å²) in [7, 11) is 5.36. The molecule has 1 fully saturated rings. The molecule has 1 saturated heterocycles. The molecule has 2 aliphatic heterocycles. The Bertz CT molecular complexity index is 1460. The second kappa shape index (κ2) is 9.97. The highest BCUT2D eigenvalue weighted by atomic mass is 19.1. The molecule has 1 aromatic heterocycles. The van der Waals surface area contributed by atoms with Crippen molar-refractivity contribution in [2.45, 2.75) is 13.0 Å². The van der Waals surface area contributed by atoms with Gasteiger partial charge in [-0.25, -0.2) is 4.39 Å². The Morgan fingerprint density at radius 2 is 1.79 bits per heavy atom. The van der Waals surface area contributed by atoms with Crippen LogP contribution in [0.3, 0.4) is 0 Å². The molecular formula is C27H31FN6O4. The van der Waals surface area contributed by atoms with Crippen LogP contribution in [0.25, 0.3) is 10.9 Å². The second-order valence-corrected chi connectivity index (χ2v) is 10.0. The van der Waals surface area contributed by atoms with Crippen molar-refractivity contribution in [1.82, 2.24) is 19.8 Å². The number of carbonyl (C=O) groups excluding carboxylic acids is 2. The summed E-state index contributed by atoms with van der Waals surface area (Å²) >= 11 is 0.